The number of amides is 2. The highest BCUT2D eigenvalue weighted by atomic mass is 32.1. The Hall–Kier alpha value is -2.93. The van der Waals surface area contributed by atoms with Crippen molar-refractivity contribution in [3.63, 3.8) is 0 Å². The van der Waals surface area contributed by atoms with Gasteiger partial charge in [0.05, 0.1) is 0 Å². The second-order valence-corrected chi connectivity index (χ2v) is 8.60. The van der Waals surface area contributed by atoms with Crippen LogP contribution in [0.5, 0.6) is 0 Å². The molecule has 2 amide bonds. The van der Waals surface area contributed by atoms with Crippen LogP contribution in [0.1, 0.15) is 29.4 Å². The van der Waals surface area contributed by atoms with Gasteiger partial charge in [-0.3, -0.25) is 0 Å². The van der Waals surface area contributed by atoms with Crippen LogP contribution in [0.2, 0.25) is 0 Å². The first-order valence-electron chi connectivity index (χ1n) is 10.3. The van der Waals surface area contributed by atoms with Gasteiger partial charge in [0.2, 0.25) is 5.13 Å². The molecule has 0 bridgehead atoms. The Morgan fingerprint density at radius 2 is 1.93 bits per heavy atom. The largest absolute Gasteiger partial charge is 0.343 e. The van der Waals surface area contributed by atoms with Gasteiger partial charge in [0.25, 0.3) is 0 Å². The second-order valence-electron chi connectivity index (χ2n) is 7.87. The van der Waals surface area contributed by atoms with Crippen molar-refractivity contribution in [3.8, 4) is 0 Å². The normalized spacial score (nSPS) is 16.6. The Balaban J connectivity index is 1.36. The summed E-state index contributed by atoms with van der Waals surface area (Å²) in [7, 11) is 0. The van der Waals surface area contributed by atoms with Crippen molar-refractivity contribution in [1.82, 2.24) is 14.3 Å². The molecular weight excluding hydrogens is 394 g/mol. The molecule has 2 aromatic carbocycles. The van der Waals surface area contributed by atoms with Crippen molar-refractivity contribution < 1.29 is 4.79 Å². The average molecular weight is 422 g/mol. The number of hydrogen-bond acceptors (Lipinski definition) is 5. The summed E-state index contributed by atoms with van der Waals surface area (Å²) in [4.78, 5) is 21.7. The number of nitrogens with zero attached hydrogens (tertiary/aromatic N) is 4. The zero-order valence-electron chi connectivity index (χ0n) is 17.6. The first kappa shape index (κ1) is 20.3. The second kappa shape index (κ2) is 8.83. The predicted octanol–water partition coefficient (Wildman–Crippen LogP) is 4.49. The highest BCUT2D eigenvalue weighted by molar-refractivity contribution is 7.09. The van der Waals surface area contributed by atoms with E-state index in [1.165, 1.54) is 28.2 Å². The van der Waals surface area contributed by atoms with Crippen LogP contribution < -0.4 is 10.2 Å². The molecule has 2 heterocycles. The quantitative estimate of drug-likeness (QED) is 0.674. The maximum atomic E-state index is 12.8. The number of carbonyl (C=O) groups excluding carboxylic acids is 1. The summed E-state index contributed by atoms with van der Waals surface area (Å²) in [5.74, 6) is 0.851. The minimum Gasteiger partial charge on any atom is -0.343 e. The molecule has 156 valence electrons. The van der Waals surface area contributed by atoms with Gasteiger partial charge in [-0.2, -0.15) is 4.37 Å². The summed E-state index contributed by atoms with van der Waals surface area (Å²) >= 11 is 1.44. The first-order valence-corrected chi connectivity index (χ1v) is 11.0. The lowest BCUT2D eigenvalue weighted by Gasteiger charge is -2.39. The van der Waals surface area contributed by atoms with Crippen LogP contribution in [0.15, 0.2) is 48.5 Å². The molecule has 4 rings (SSSR count). The van der Waals surface area contributed by atoms with Crippen LogP contribution in [0.25, 0.3) is 0 Å². The smallest absolute Gasteiger partial charge is 0.322 e. The van der Waals surface area contributed by atoms with Crippen LogP contribution in [0, 0.1) is 13.8 Å². The van der Waals surface area contributed by atoms with Crippen molar-refractivity contribution in [2.45, 2.75) is 33.2 Å². The molecule has 1 aliphatic rings. The van der Waals surface area contributed by atoms with Crippen molar-refractivity contribution >= 4 is 28.4 Å². The maximum Gasteiger partial charge on any atom is 0.322 e. The summed E-state index contributed by atoms with van der Waals surface area (Å²) in [6.07, 6.45) is 0.741. The van der Waals surface area contributed by atoms with Crippen LogP contribution in [-0.2, 0) is 6.42 Å². The highest BCUT2D eigenvalue weighted by Crippen LogP contribution is 2.23. The van der Waals surface area contributed by atoms with E-state index >= 15 is 0 Å². The first-order chi connectivity index (χ1) is 14.5. The Bertz CT molecular complexity index is 1020. The van der Waals surface area contributed by atoms with Crippen LogP contribution in [0.4, 0.5) is 15.6 Å². The van der Waals surface area contributed by atoms with E-state index in [9.17, 15) is 4.79 Å². The van der Waals surface area contributed by atoms with E-state index in [4.69, 9.17) is 4.98 Å². The number of nitrogens with one attached hydrogen (secondary N) is 1. The van der Waals surface area contributed by atoms with Gasteiger partial charge in [0.1, 0.15) is 5.82 Å². The molecule has 1 aliphatic heterocycles. The Kier molecular flexibility index (Phi) is 5.99. The molecule has 1 N–H and O–H groups in total. The molecule has 6 nitrogen and oxygen atoms in total. The number of aromatic nitrogens is 2. The summed E-state index contributed by atoms with van der Waals surface area (Å²) in [5, 5.41) is 3.97. The lowest BCUT2D eigenvalue weighted by Crippen LogP contribution is -2.55. The van der Waals surface area contributed by atoms with Crippen LogP contribution in [-0.4, -0.2) is 46.0 Å². The van der Waals surface area contributed by atoms with Crippen LogP contribution in [0.3, 0.4) is 0 Å². The third-order valence-corrected chi connectivity index (χ3v) is 6.39. The fourth-order valence-electron chi connectivity index (χ4n) is 3.67. The van der Waals surface area contributed by atoms with Crippen molar-refractivity contribution in [2.75, 3.05) is 29.9 Å². The molecule has 0 aliphatic carbocycles. The molecule has 1 saturated heterocycles. The van der Waals surface area contributed by atoms with E-state index in [0.29, 0.717) is 6.54 Å². The zero-order chi connectivity index (χ0) is 21.1. The number of urea groups is 1. The zero-order valence-corrected chi connectivity index (χ0v) is 18.4. The van der Waals surface area contributed by atoms with Gasteiger partial charge in [-0.15, -0.1) is 0 Å². The minimum atomic E-state index is -0.0487. The Morgan fingerprint density at radius 3 is 2.67 bits per heavy atom. The number of anilines is 2. The number of hydrogen-bond donors (Lipinski definition) is 1. The van der Waals surface area contributed by atoms with Gasteiger partial charge < -0.3 is 15.1 Å². The van der Waals surface area contributed by atoms with Gasteiger partial charge in [0, 0.05) is 49.3 Å². The van der Waals surface area contributed by atoms with Crippen molar-refractivity contribution in [2.24, 2.45) is 0 Å². The van der Waals surface area contributed by atoms with E-state index in [-0.39, 0.29) is 12.1 Å². The molecule has 7 heteroatoms. The lowest BCUT2D eigenvalue weighted by atomic mass is 10.1. The summed E-state index contributed by atoms with van der Waals surface area (Å²) < 4.78 is 4.53. The number of rotatable bonds is 4. The van der Waals surface area contributed by atoms with E-state index < -0.39 is 0 Å². The molecule has 1 atom stereocenters. The Labute approximate surface area is 181 Å². The van der Waals surface area contributed by atoms with E-state index in [1.807, 2.05) is 41.3 Å². The topological polar surface area (TPSA) is 61.4 Å². The van der Waals surface area contributed by atoms with Gasteiger partial charge in [-0.05, 0) is 49.6 Å². The monoisotopic (exact) mass is 421 g/mol. The molecule has 1 aromatic heterocycles. The van der Waals surface area contributed by atoms with E-state index in [2.05, 4.69) is 47.5 Å². The van der Waals surface area contributed by atoms with Crippen molar-refractivity contribution in [3.05, 3.63) is 71.0 Å². The fraction of sp³-hybridized carbons (Fsp3) is 0.348. The van der Waals surface area contributed by atoms with Gasteiger partial charge >= 0.3 is 6.03 Å². The minimum absolute atomic E-state index is 0.0487. The Morgan fingerprint density at radius 1 is 1.13 bits per heavy atom. The molecule has 0 radical (unpaired) electrons. The fourth-order valence-corrected chi connectivity index (χ4v) is 4.39. The summed E-state index contributed by atoms with van der Waals surface area (Å²) in [6.45, 7) is 8.37. The third kappa shape index (κ3) is 4.62. The number of carbonyl (C=O) groups is 1. The third-order valence-electron chi connectivity index (χ3n) is 5.58. The SMILES string of the molecule is Cc1ccc(NC(=O)N2CCN(c3nc(Cc4ccccc4)ns3)C[C@@H]2C)cc1C. The lowest BCUT2D eigenvalue weighted by molar-refractivity contribution is 0.185. The van der Waals surface area contributed by atoms with Gasteiger partial charge in [-0.25, -0.2) is 9.78 Å². The van der Waals surface area contributed by atoms with Crippen LogP contribution >= 0.6 is 11.5 Å². The number of aryl methyl sites for hydroxylation is 2. The number of piperazine rings is 1. The summed E-state index contributed by atoms with van der Waals surface area (Å²) in [6, 6.07) is 16.3. The van der Waals surface area contributed by atoms with Gasteiger partial charge in [0.15, 0.2) is 0 Å². The van der Waals surface area contributed by atoms with Gasteiger partial charge in [-0.1, -0.05) is 36.4 Å². The van der Waals surface area contributed by atoms with E-state index in [0.717, 1.165) is 36.2 Å². The standard InChI is InChI=1S/C23H27N5OS/c1-16-9-10-20(13-17(16)2)24-22(29)28-12-11-27(15-18(28)3)23-25-21(26-30-23)14-19-7-5-4-6-8-19/h4-10,13,18H,11-12,14-15H2,1-3H3,(H,24,29)/t18-/m0/s1. The molecule has 30 heavy (non-hydrogen) atoms. The number of benzene rings is 2. The molecule has 0 spiro atoms. The summed E-state index contributed by atoms with van der Waals surface area (Å²) in [5.41, 5.74) is 4.45. The predicted molar refractivity (Wildman–Crippen MR) is 122 cm³/mol. The highest BCUT2D eigenvalue weighted by Gasteiger charge is 2.29. The average Bonchev–Trinajstić information content (AvgIpc) is 3.20. The molecule has 3 aromatic rings. The molecule has 0 saturated carbocycles. The molecule has 1 fully saturated rings. The van der Waals surface area contributed by atoms with Crippen molar-refractivity contribution in [1.29, 1.82) is 0 Å². The maximum absolute atomic E-state index is 12.8. The van der Waals surface area contributed by atoms with E-state index in [1.54, 1.807) is 0 Å². The molecular formula is C23H27N5OS. The molecule has 0 unspecified atom stereocenters.